The third-order valence-electron chi connectivity index (χ3n) is 3.42. The monoisotopic (exact) mass is 325 g/mol. The Morgan fingerprint density at radius 3 is 2.58 bits per heavy atom. The molecule has 124 valence electrons. The van der Waals surface area contributed by atoms with E-state index in [4.69, 9.17) is 4.74 Å². The van der Waals surface area contributed by atoms with E-state index >= 15 is 0 Å². The molecular formula is C19H19NO4. The number of nitrogens with one attached hydrogen (secondary N) is 1. The highest BCUT2D eigenvalue weighted by molar-refractivity contribution is 5.94. The van der Waals surface area contributed by atoms with E-state index in [1.54, 1.807) is 25.3 Å². The number of carboxylic acid groups (broad SMARTS) is 1. The number of hydrogen-bond donors (Lipinski definition) is 2. The summed E-state index contributed by atoms with van der Waals surface area (Å²) in [5.74, 6) is -0.840. The molecule has 1 amide bonds. The second kappa shape index (κ2) is 8.53. The number of ether oxygens (including phenoxy) is 1. The van der Waals surface area contributed by atoms with Crippen molar-refractivity contribution in [2.45, 2.75) is 12.5 Å². The van der Waals surface area contributed by atoms with Crippen LogP contribution in [0.2, 0.25) is 0 Å². The average Bonchev–Trinajstić information content (AvgIpc) is 2.60. The Balaban J connectivity index is 1.99. The van der Waals surface area contributed by atoms with Gasteiger partial charge in [0, 0.05) is 12.5 Å². The van der Waals surface area contributed by atoms with Gasteiger partial charge in [-0.15, -0.1) is 0 Å². The van der Waals surface area contributed by atoms with Crippen LogP contribution in [-0.4, -0.2) is 30.1 Å². The summed E-state index contributed by atoms with van der Waals surface area (Å²) in [6, 6.07) is 15.4. The van der Waals surface area contributed by atoms with Crippen LogP contribution in [0.25, 0.3) is 6.08 Å². The van der Waals surface area contributed by atoms with Gasteiger partial charge >= 0.3 is 5.97 Å². The van der Waals surface area contributed by atoms with Crippen molar-refractivity contribution in [2.75, 3.05) is 7.11 Å². The number of amides is 1. The minimum atomic E-state index is -1.07. The number of carbonyl (C=O) groups is 2. The zero-order valence-electron chi connectivity index (χ0n) is 13.3. The van der Waals surface area contributed by atoms with E-state index in [9.17, 15) is 14.7 Å². The molecule has 0 spiro atoms. The van der Waals surface area contributed by atoms with E-state index in [1.165, 1.54) is 6.08 Å². The van der Waals surface area contributed by atoms with Crippen molar-refractivity contribution >= 4 is 18.0 Å². The number of hydrogen-bond acceptors (Lipinski definition) is 3. The molecule has 0 heterocycles. The third kappa shape index (κ3) is 5.28. The Bertz CT molecular complexity index is 725. The summed E-state index contributed by atoms with van der Waals surface area (Å²) in [5.41, 5.74) is 1.64. The molecule has 0 fully saturated rings. The van der Waals surface area contributed by atoms with E-state index in [0.29, 0.717) is 5.75 Å². The zero-order valence-corrected chi connectivity index (χ0v) is 13.3. The van der Waals surface area contributed by atoms with Gasteiger partial charge in [0.25, 0.3) is 0 Å². The quantitative estimate of drug-likeness (QED) is 0.767. The third-order valence-corrected chi connectivity index (χ3v) is 3.42. The summed E-state index contributed by atoms with van der Waals surface area (Å²) in [7, 11) is 1.57. The lowest BCUT2D eigenvalue weighted by atomic mass is 10.1. The maximum Gasteiger partial charge on any atom is 0.326 e. The van der Waals surface area contributed by atoms with E-state index in [2.05, 4.69) is 5.32 Å². The number of carboxylic acids is 1. The van der Waals surface area contributed by atoms with Gasteiger partial charge in [0.2, 0.25) is 5.91 Å². The van der Waals surface area contributed by atoms with Crippen LogP contribution < -0.4 is 10.1 Å². The number of aliphatic carboxylic acids is 1. The topological polar surface area (TPSA) is 75.6 Å². The summed E-state index contributed by atoms with van der Waals surface area (Å²) in [6.45, 7) is 0. The second-order valence-corrected chi connectivity index (χ2v) is 5.20. The molecule has 1 unspecified atom stereocenters. The van der Waals surface area contributed by atoms with E-state index in [1.807, 2.05) is 42.5 Å². The van der Waals surface area contributed by atoms with Crippen molar-refractivity contribution in [2.24, 2.45) is 0 Å². The minimum absolute atomic E-state index is 0.231. The average molecular weight is 325 g/mol. The standard InChI is InChI=1S/C19H19NO4/c1-24-16-9-5-8-15(12-16)10-11-18(21)20-17(19(22)23)13-14-6-3-2-4-7-14/h2-12,17H,13H2,1H3,(H,20,21)(H,22,23). The van der Waals surface area contributed by atoms with E-state index in [0.717, 1.165) is 11.1 Å². The molecule has 0 aliphatic rings. The van der Waals surface area contributed by atoms with Gasteiger partial charge in [-0.3, -0.25) is 4.79 Å². The predicted molar refractivity (Wildman–Crippen MR) is 91.7 cm³/mol. The van der Waals surface area contributed by atoms with Crippen molar-refractivity contribution in [1.29, 1.82) is 0 Å². The molecule has 1 atom stereocenters. The van der Waals surface area contributed by atoms with Crippen LogP contribution in [0.1, 0.15) is 11.1 Å². The fraction of sp³-hybridized carbons (Fsp3) is 0.158. The summed E-state index contributed by atoms with van der Waals surface area (Å²) < 4.78 is 5.11. The van der Waals surface area contributed by atoms with Crippen LogP contribution in [0, 0.1) is 0 Å². The van der Waals surface area contributed by atoms with Crippen LogP contribution in [0.15, 0.2) is 60.7 Å². The number of carbonyl (C=O) groups excluding carboxylic acids is 1. The molecule has 2 aromatic rings. The van der Waals surface area contributed by atoms with Crippen molar-refractivity contribution in [3.63, 3.8) is 0 Å². The molecule has 0 bridgehead atoms. The molecule has 5 nitrogen and oxygen atoms in total. The molecule has 2 rings (SSSR count). The van der Waals surface area contributed by atoms with Gasteiger partial charge in [0.15, 0.2) is 0 Å². The van der Waals surface area contributed by atoms with Crippen molar-refractivity contribution < 1.29 is 19.4 Å². The van der Waals surface area contributed by atoms with Crippen molar-refractivity contribution in [3.8, 4) is 5.75 Å². The molecule has 0 aliphatic heterocycles. The minimum Gasteiger partial charge on any atom is -0.497 e. The number of methoxy groups -OCH3 is 1. The molecular weight excluding hydrogens is 306 g/mol. The van der Waals surface area contributed by atoms with Crippen molar-refractivity contribution in [1.82, 2.24) is 5.32 Å². The Labute approximate surface area is 140 Å². The summed E-state index contributed by atoms with van der Waals surface area (Å²) in [6.07, 6.45) is 3.16. The van der Waals surface area contributed by atoms with Gasteiger partial charge < -0.3 is 15.2 Å². The normalized spacial score (nSPS) is 11.9. The summed E-state index contributed by atoms with van der Waals surface area (Å²) in [5, 5.41) is 11.8. The predicted octanol–water partition coefficient (Wildman–Crippen LogP) is 2.52. The molecule has 24 heavy (non-hydrogen) atoms. The lowest BCUT2D eigenvalue weighted by Crippen LogP contribution is -2.41. The molecule has 0 saturated carbocycles. The van der Waals surface area contributed by atoms with Crippen LogP contribution in [0.4, 0.5) is 0 Å². The van der Waals surface area contributed by atoms with Crippen LogP contribution in [0.5, 0.6) is 5.75 Å². The Morgan fingerprint density at radius 2 is 1.92 bits per heavy atom. The fourth-order valence-electron chi connectivity index (χ4n) is 2.19. The second-order valence-electron chi connectivity index (χ2n) is 5.20. The van der Waals surface area contributed by atoms with Crippen molar-refractivity contribution in [3.05, 3.63) is 71.8 Å². The highest BCUT2D eigenvalue weighted by atomic mass is 16.5. The molecule has 2 aromatic carbocycles. The van der Waals surface area contributed by atoms with Gasteiger partial charge in [-0.2, -0.15) is 0 Å². The fourth-order valence-corrected chi connectivity index (χ4v) is 2.19. The van der Waals surface area contributed by atoms with Gasteiger partial charge in [-0.05, 0) is 29.3 Å². The van der Waals surface area contributed by atoms with Crippen LogP contribution in [0.3, 0.4) is 0 Å². The van der Waals surface area contributed by atoms with Gasteiger partial charge in [0.05, 0.1) is 7.11 Å². The molecule has 0 aliphatic carbocycles. The van der Waals surface area contributed by atoms with Gasteiger partial charge in [-0.1, -0.05) is 42.5 Å². The first-order valence-corrected chi connectivity index (χ1v) is 7.48. The van der Waals surface area contributed by atoms with E-state index in [-0.39, 0.29) is 6.42 Å². The smallest absolute Gasteiger partial charge is 0.326 e. The largest absolute Gasteiger partial charge is 0.497 e. The maximum atomic E-state index is 12.0. The molecule has 0 radical (unpaired) electrons. The molecule has 0 saturated heterocycles. The van der Waals surface area contributed by atoms with Crippen LogP contribution in [-0.2, 0) is 16.0 Å². The highest BCUT2D eigenvalue weighted by Crippen LogP contribution is 2.13. The zero-order chi connectivity index (χ0) is 17.4. The highest BCUT2D eigenvalue weighted by Gasteiger charge is 2.19. The maximum absolute atomic E-state index is 12.0. The Morgan fingerprint density at radius 1 is 1.17 bits per heavy atom. The molecule has 2 N–H and O–H groups in total. The lowest BCUT2D eigenvalue weighted by molar-refractivity contribution is -0.141. The first-order valence-electron chi connectivity index (χ1n) is 7.48. The van der Waals surface area contributed by atoms with Gasteiger partial charge in [-0.25, -0.2) is 4.79 Å². The number of rotatable bonds is 7. The first-order chi connectivity index (χ1) is 11.6. The summed E-state index contributed by atoms with van der Waals surface area (Å²) >= 11 is 0. The number of benzene rings is 2. The molecule has 0 aromatic heterocycles. The first kappa shape index (κ1) is 17.3. The Hall–Kier alpha value is -3.08. The van der Waals surface area contributed by atoms with Crippen LogP contribution >= 0.6 is 0 Å². The summed E-state index contributed by atoms with van der Waals surface area (Å²) in [4.78, 5) is 23.3. The molecule has 5 heteroatoms. The Kier molecular flexibility index (Phi) is 6.14. The van der Waals surface area contributed by atoms with Gasteiger partial charge in [0.1, 0.15) is 11.8 Å². The van der Waals surface area contributed by atoms with E-state index < -0.39 is 17.9 Å². The SMILES string of the molecule is COc1cccc(C=CC(=O)NC(Cc2ccccc2)C(=O)O)c1. The lowest BCUT2D eigenvalue weighted by Gasteiger charge is -2.13.